The molecule has 1 atom stereocenters. The average Bonchev–Trinajstić information content (AvgIpc) is 2.30. The average molecular weight is 276 g/mol. The van der Waals surface area contributed by atoms with E-state index < -0.39 is 10.0 Å². The van der Waals surface area contributed by atoms with Gasteiger partial charge in [0.25, 0.3) is 0 Å². The Labute approximate surface area is 108 Å². The summed E-state index contributed by atoms with van der Waals surface area (Å²) in [6.07, 6.45) is 1.32. The van der Waals surface area contributed by atoms with Crippen LogP contribution in [-0.2, 0) is 10.0 Å². The molecule has 17 heavy (non-hydrogen) atoms. The first-order valence-corrected chi connectivity index (χ1v) is 7.85. The molecular formula is C12H18ClNO2S. The van der Waals surface area contributed by atoms with Gasteiger partial charge in [0.2, 0.25) is 10.0 Å². The summed E-state index contributed by atoms with van der Waals surface area (Å²) in [7, 11) is -3.21. The summed E-state index contributed by atoms with van der Waals surface area (Å²) in [6, 6.07) is 9.32. The van der Waals surface area contributed by atoms with E-state index in [1.54, 1.807) is 0 Å². The molecular weight excluding hydrogens is 258 g/mol. The van der Waals surface area contributed by atoms with Crippen molar-refractivity contribution in [1.82, 2.24) is 4.72 Å². The van der Waals surface area contributed by atoms with Crippen LogP contribution in [0.1, 0.15) is 31.4 Å². The van der Waals surface area contributed by atoms with Gasteiger partial charge in [-0.3, -0.25) is 0 Å². The molecule has 0 aliphatic heterocycles. The zero-order valence-corrected chi connectivity index (χ0v) is 11.5. The molecule has 0 bridgehead atoms. The second-order valence-electron chi connectivity index (χ2n) is 3.97. The van der Waals surface area contributed by atoms with Crippen LogP contribution in [0.5, 0.6) is 0 Å². The monoisotopic (exact) mass is 275 g/mol. The lowest BCUT2D eigenvalue weighted by Crippen LogP contribution is -2.29. The lowest BCUT2D eigenvalue weighted by Gasteiger charge is -2.14. The van der Waals surface area contributed by atoms with E-state index in [-0.39, 0.29) is 11.8 Å². The van der Waals surface area contributed by atoms with Gasteiger partial charge in [0.1, 0.15) is 0 Å². The predicted octanol–water partition coefficient (Wildman–Crippen LogP) is 2.69. The highest BCUT2D eigenvalue weighted by Gasteiger charge is 2.14. The van der Waals surface area contributed by atoms with Gasteiger partial charge >= 0.3 is 0 Å². The van der Waals surface area contributed by atoms with E-state index in [9.17, 15) is 8.42 Å². The molecule has 1 aromatic rings. The van der Waals surface area contributed by atoms with Crippen LogP contribution < -0.4 is 4.72 Å². The number of nitrogens with one attached hydrogen (secondary N) is 1. The van der Waals surface area contributed by atoms with Crippen molar-refractivity contribution in [2.45, 2.75) is 25.8 Å². The van der Waals surface area contributed by atoms with Crippen LogP contribution in [0.4, 0.5) is 0 Å². The minimum Gasteiger partial charge on any atom is -0.212 e. The van der Waals surface area contributed by atoms with Crippen molar-refractivity contribution in [3.05, 3.63) is 35.9 Å². The number of halogens is 1. The highest BCUT2D eigenvalue weighted by Crippen LogP contribution is 2.12. The van der Waals surface area contributed by atoms with E-state index in [1.807, 2.05) is 37.3 Å². The third kappa shape index (κ3) is 5.52. The SMILES string of the molecule is C[C@@H](NS(=O)(=O)CCCCCl)c1ccccc1. The molecule has 0 amide bonds. The summed E-state index contributed by atoms with van der Waals surface area (Å²) in [5, 5.41) is 0. The first-order chi connectivity index (χ1) is 8.05. The highest BCUT2D eigenvalue weighted by atomic mass is 35.5. The minimum atomic E-state index is -3.21. The summed E-state index contributed by atoms with van der Waals surface area (Å²) in [6.45, 7) is 1.84. The topological polar surface area (TPSA) is 46.2 Å². The molecule has 0 aliphatic rings. The molecule has 0 fully saturated rings. The lowest BCUT2D eigenvalue weighted by atomic mass is 10.1. The Balaban J connectivity index is 2.53. The molecule has 1 N–H and O–H groups in total. The van der Waals surface area contributed by atoms with Gasteiger partial charge in [0.05, 0.1) is 5.75 Å². The number of hydrogen-bond donors (Lipinski definition) is 1. The molecule has 0 saturated carbocycles. The summed E-state index contributed by atoms with van der Waals surface area (Å²) in [4.78, 5) is 0. The number of rotatable bonds is 7. The van der Waals surface area contributed by atoms with Crippen molar-refractivity contribution in [2.75, 3.05) is 11.6 Å². The Morgan fingerprint density at radius 1 is 1.24 bits per heavy atom. The molecule has 96 valence electrons. The molecule has 0 aromatic heterocycles. The van der Waals surface area contributed by atoms with Gasteiger partial charge in [0.15, 0.2) is 0 Å². The van der Waals surface area contributed by atoms with E-state index in [0.717, 1.165) is 12.0 Å². The van der Waals surface area contributed by atoms with Crippen LogP contribution in [-0.4, -0.2) is 20.1 Å². The van der Waals surface area contributed by atoms with Gasteiger partial charge in [-0.1, -0.05) is 30.3 Å². The fraction of sp³-hybridized carbons (Fsp3) is 0.500. The Hall–Kier alpha value is -0.580. The quantitative estimate of drug-likeness (QED) is 0.614. The number of alkyl halides is 1. The molecule has 0 saturated heterocycles. The summed E-state index contributed by atoms with van der Waals surface area (Å²) in [5.74, 6) is 0.640. The van der Waals surface area contributed by atoms with Crippen molar-refractivity contribution < 1.29 is 8.42 Å². The predicted molar refractivity (Wildman–Crippen MR) is 71.7 cm³/mol. The number of unbranched alkanes of at least 4 members (excludes halogenated alkanes) is 1. The summed E-state index contributed by atoms with van der Waals surface area (Å²) >= 11 is 5.52. The standard InChI is InChI=1S/C12H18ClNO2S/c1-11(12-7-3-2-4-8-12)14-17(15,16)10-6-5-9-13/h2-4,7-8,11,14H,5-6,9-10H2,1H3/t11-/m1/s1. The minimum absolute atomic E-state index is 0.136. The van der Waals surface area contributed by atoms with E-state index in [4.69, 9.17) is 11.6 Å². The van der Waals surface area contributed by atoms with Crippen LogP contribution in [0.25, 0.3) is 0 Å². The van der Waals surface area contributed by atoms with Gasteiger partial charge in [-0.2, -0.15) is 0 Å². The Morgan fingerprint density at radius 2 is 1.88 bits per heavy atom. The van der Waals surface area contributed by atoms with E-state index >= 15 is 0 Å². The van der Waals surface area contributed by atoms with Gasteiger partial charge in [0, 0.05) is 11.9 Å². The number of sulfonamides is 1. The zero-order chi connectivity index (χ0) is 12.7. The fourth-order valence-electron chi connectivity index (χ4n) is 1.52. The fourth-order valence-corrected chi connectivity index (χ4v) is 3.09. The van der Waals surface area contributed by atoms with Crippen molar-refractivity contribution in [3.8, 4) is 0 Å². The molecule has 0 unspecified atom stereocenters. The van der Waals surface area contributed by atoms with Gasteiger partial charge < -0.3 is 0 Å². The van der Waals surface area contributed by atoms with Gasteiger partial charge in [-0.25, -0.2) is 13.1 Å². The first-order valence-electron chi connectivity index (χ1n) is 5.66. The molecule has 0 heterocycles. The third-order valence-electron chi connectivity index (χ3n) is 2.45. The van der Waals surface area contributed by atoms with Crippen LogP contribution in [0.15, 0.2) is 30.3 Å². The zero-order valence-electron chi connectivity index (χ0n) is 9.90. The van der Waals surface area contributed by atoms with Gasteiger partial charge in [-0.05, 0) is 25.3 Å². The highest BCUT2D eigenvalue weighted by molar-refractivity contribution is 7.89. The van der Waals surface area contributed by atoms with Crippen molar-refractivity contribution in [2.24, 2.45) is 0 Å². The Kier molecular flexibility index (Phi) is 5.95. The Morgan fingerprint density at radius 3 is 2.47 bits per heavy atom. The molecule has 1 aromatic carbocycles. The van der Waals surface area contributed by atoms with Crippen LogP contribution in [0, 0.1) is 0 Å². The maximum Gasteiger partial charge on any atom is 0.212 e. The maximum atomic E-state index is 11.7. The second kappa shape index (κ2) is 6.99. The van der Waals surface area contributed by atoms with Gasteiger partial charge in [-0.15, -0.1) is 11.6 Å². The molecule has 3 nitrogen and oxygen atoms in total. The van der Waals surface area contributed by atoms with Crippen molar-refractivity contribution in [1.29, 1.82) is 0 Å². The smallest absolute Gasteiger partial charge is 0.212 e. The normalized spacial score (nSPS) is 13.5. The summed E-state index contributed by atoms with van der Waals surface area (Å²) in [5.41, 5.74) is 0.966. The number of benzene rings is 1. The molecule has 0 radical (unpaired) electrons. The molecule has 5 heteroatoms. The third-order valence-corrected chi connectivity index (χ3v) is 4.26. The second-order valence-corrected chi connectivity index (χ2v) is 6.22. The number of hydrogen-bond acceptors (Lipinski definition) is 2. The van der Waals surface area contributed by atoms with Crippen LogP contribution >= 0.6 is 11.6 Å². The first kappa shape index (κ1) is 14.5. The van der Waals surface area contributed by atoms with Crippen molar-refractivity contribution >= 4 is 21.6 Å². The van der Waals surface area contributed by atoms with E-state index in [2.05, 4.69) is 4.72 Å². The Bertz CT molecular complexity index is 419. The molecule has 1 rings (SSSR count). The maximum absolute atomic E-state index is 11.7. The van der Waals surface area contributed by atoms with Crippen molar-refractivity contribution in [3.63, 3.8) is 0 Å². The molecule has 0 spiro atoms. The molecule has 0 aliphatic carbocycles. The largest absolute Gasteiger partial charge is 0.212 e. The lowest BCUT2D eigenvalue weighted by molar-refractivity contribution is 0.564. The van der Waals surface area contributed by atoms with Crippen LogP contribution in [0.2, 0.25) is 0 Å². The van der Waals surface area contributed by atoms with E-state index in [1.165, 1.54) is 0 Å². The summed E-state index contributed by atoms with van der Waals surface area (Å²) < 4.78 is 26.1. The van der Waals surface area contributed by atoms with E-state index in [0.29, 0.717) is 12.3 Å². The van der Waals surface area contributed by atoms with Crippen LogP contribution in [0.3, 0.4) is 0 Å².